The van der Waals surface area contributed by atoms with Gasteiger partial charge in [-0.15, -0.1) is 0 Å². The molecule has 4 nitrogen and oxygen atoms in total. The topological polar surface area (TPSA) is 52.6 Å². The van der Waals surface area contributed by atoms with E-state index in [1.807, 2.05) is 6.92 Å². The van der Waals surface area contributed by atoms with Gasteiger partial charge in [-0.2, -0.15) is 0 Å². The van der Waals surface area contributed by atoms with Gasteiger partial charge in [0.15, 0.2) is 0 Å². The predicted molar refractivity (Wildman–Crippen MR) is 80.8 cm³/mol. The maximum atomic E-state index is 11.7. The SMILES string of the molecule is CCC(CCCN1CC(C)C(C)C1)(NC1CC1)C(=O)O. The average molecular weight is 282 g/mol. The second kappa shape index (κ2) is 6.44. The highest BCUT2D eigenvalue weighted by atomic mass is 16.4. The Balaban J connectivity index is 1.81. The van der Waals surface area contributed by atoms with E-state index >= 15 is 0 Å². The molecule has 0 aromatic heterocycles. The predicted octanol–water partition coefficient (Wildman–Crippen LogP) is 2.34. The molecule has 2 N–H and O–H groups in total. The summed E-state index contributed by atoms with van der Waals surface area (Å²) in [4.78, 5) is 14.2. The number of hydrogen-bond donors (Lipinski definition) is 2. The number of carboxylic acids is 1. The highest BCUT2D eigenvalue weighted by molar-refractivity contribution is 5.78. The smallest absolute Gasteiger partial charge is 0.323 e. The molecule has 116 valence electrons. The molecule has 3 unspecified atom stereocenters. The van der Waals surface area contributed by atoms with Crippen LogP contribution in [-0.2, 0) is 4.79 Å². The number of rotatable bonds is 8. The molecule has 1 heterocycles. The number of hydrogen-bond acceptors (Lipinski definition) is 3. The third-order valence-corrected chi connectivity index (χ3v) is 5.21. The quantitative estimate of drug-likeness (QED) is 0.717. The molecule has 0 aromatic carbocycles. The number of nitrogens with one attached hydrogen (secondary N) is 1. The second-order valence-electron chi connectivity index (χ2n) is 6.98. The minimum Gasteiger partial charge on any atom is -0.480 e. The van der Waals surface area contributed by atoms with Crippen LogP contribution in [0.15, 0.2) is 0 Å². The van der Waals surface area contributed by atoms with Crippen LogP contribution in [0.4, 0.5) is 0 Å². The minimum atomic E-state index is -0.696. The summed E-state index contributed by atoms with van der Waals surface area (Å²) in [5.74, 6) is 0.875. The van der Waals surface area contributed by atoms with E-state index in [0.717, 1.165) is 44.1 Å². The first-order valence-electron chi connectivity index (χ1n) is 8.20. The van der Waals surface area contributed by atoms with Gasteiger partial charge in [-0.1, -0.05) is 20.8 Å². The van der Waals surface area contributed by atoms with Gasteiger partial charge in [-0.05, 0) is 50.5 Å². The monoisotopic (exact) mass is 282 g/mol. The highest BCUT2D eigenvalue weighted by Gasteiger charge is 2.40. The molecule has 1 aliphatic heterocycles. The van der Waals surface area contributed by atoms with Crippen LogP contribution < -0.4 is 5.32 Å². The molecular weight excluding hydrogens is 252 g/mol. The van der Waals surface area contributed by atoms with E-state index in [1.165, 1.54) is 13.1 Å². The molecule has 0 radical (unpaired) electrons. The van der Waals surface area contributed by atoms with Crippen LogP contribution in [0.1, 0.15) is 52.9 Å². The highest BCUT2D eigenvalue weighted by Crippen LogP contribution is 2.28. The number of likely N-dealkylation sites (tertiary alicyclic amines) is 1. The first-order valence-corrected chi connectivity index (χ1v) is 8.20. The number of nitrogens with zero attached hydrogens (tertiary/aromatic N) is 1. The number of carbonyl (C=O) groups is 1. The van der Waals surface area contributed by atoms with E-state index in [1.54, 1.807) is 0 Å². The fourth-order valence-electron chi connectivity index (χ4n) is 3.33. The number of aliphatic carboxylic acids is 1. The molecule has 0 spiro atoms. The van der Waals surface area contributed by atoms with E-state index < -0.39 is 11.5 Å². The Kier molecular flexibility index (Phi) is 5.08. The second-order valence-corrected chi connectivity index (χ2v) is 6.98. The maximum absolute atomic E-state index is 11.7. The molecule has 3 atom stereocenters. The third kappa shape index (κ3) is 3.73. The van der Waals surface area contributed by atoms with Crippen molar-refractivity contribution in [2.75, 3.05) is 19.6 Å². The molecule has 2 aliphatic rings. The van der Waals surface area contributed by atoms with Gasteiger partial charge in [-0.25, -0.2) is 0 Å². The molecule has 0 aromatic rings. The summed E-state index contributed by atoms with van der Waals surface area (Å²) in [5.41, 5.74) is -0.696. The van der Waals surface area contributed by atoms with Crippen molar-refractivity contribution in [2.45, 2.75) is 64.5 Å². The van der Waals surface area contributed by atoms with Crippen LogP contribution in [0.2, 0.25) is 0 Å². The Morgan fingerprint density at radius 3 is 2.35 bits per heavy atom. The molecule has 0 bridgehead atoms. The zero-order chi connectivity index (χ0) is 14.8. The molecule has 1 aliphatic carbocycles. The lowest BCUT2D eigenvalue weighted by molar-refractivity contribution is -0.145. The van der Waals surface area contributed by atoms with Crippen molar-refractivity contribution < 1.29 is 9.90 Å². The summed E-state index contributed by atoms with van der Waals surface area (Å²) in [6.45, 7) is 9.99. The first-order chi connectivity index (χ1) is 9.47. The molecule has 2 fully saturated rings. The van der Waals surface area contributed by atoms with Gasteiger partial charge < -0.3 is 10.0 Å². The Labute approximate surface area is 122 Å². The summed E-state index contributed by atoms with van der Waals surface area (Å²) in [5, 5.41) is 13.0. The van der Waals surface area contributed by atoms with Crippen LogP contribution in [0.25, 0.3) is 0 Å². The Bertz CT molecular complexity index is 333. The van der Waals surface area contributed by atoms with Crippen LogP contribution in [0, 0.1) is 11.8 Å². The van der Waals surface area contributed by atoms with E-state index in [0.29, 0.717) is 12.5 Å². The summed E-state index contributed by atoms with van der Waals surface area (Å²) < 4.78 is 0. The van der Waals surface area contributed by atoms with Gasteiger partial charge in [0.05, 0.1) is 0 Å². The van der Waals surface area contributed by atoms with E-state index in [2.05, 4.69) is 24.1 Å². The van der Waals surface area contributed by atoms with Crippen LogP contribution in [0.3, 0.4) is 0 Å². The molecule has 4 heteroatoms. The van der Waals surface area contributed by atoms with Gasteiger partial charge in [-0.3, -0.25) is 10.1 Å². The van der Waals surface area contributed by atoms with E-state index in [4.69, 9.17) is 0 Å². The average Bonchev–Trinajstić information content (AvgIpc) is 3.14. The van der Waals surface area contributed by atoms with Crippen molar-refractivity contribution in [3.05, 3.63) is 0 Å². The van der Waals surface area contributed by atoms with Gasteiger partial charge >= 0.3 is 5.97 Å². The van der Waals surface area contributed by atoms with Crippen molar-refractivity contribution in [1.82, 2.24) is 10.2 Å². The molecule has 1 saturated carbocycles. The lowest BCUT2D eigenvalue weighted by Crippen LogP contribution is -2.53. The normalized spacial score (nSPS) is 30.4. The van der Waals surface area contributed by atoms with Gasteiger partial charge in [0, 0.05) is 19.1 Å². The zero-order valence-electron chi connectivity index (χ0n) is 13.2. The van der Waals surface area contributed by atoms with Gasteiger partial charge in [0.1, 0.15) is 5.54 Å². The van der Waals surface area contributed by atoms with E-state index in [9.17, 15) is 9.90 Å². The number of carboxylic acid groups (broad SMARTS) is 1. The molecule has 20 heavy (non-hydrogen) atoms. The van der Waals surface area contributed by atoms with Crippen molar-refractivity contribution in [3.8, 4) is 0 Å². The van der Waals surface area contributed by atoms with Crippen molar-refractivity contribution in [3.63, 3.8) is 0 Å². The summed E-state index contributed by atoms with van der Waals surface area (Å²) in [7, 11) is 0. The molecule has 1 saturated heterocycles. The summed E-state index contributed by atoms with van der Waals surface area (Å²) >= 11 is 0. The third-order valence-electron chi connectivity index (χ3n) is 5.21. The Morgan fingerprint density at radius 2 is 1.90 bits per heavy atom. The minimum absolute atomic E-state index is 0.442. The molecule has 2 rings (SSSR count). The van der Waals surface area contributed by atoms with Crippen molar-refractivity contribution in [2.24, 2.45) is 11.8 Å². The molecular formula is C16H30N2O2. The fraction of sp³-hybridized carbons (Fsp3) is 0.938. The van der Waals surface area contributed by atoms with Gasteiger partial charge in [0.25, 0.3) is 0 Å². The Morgan fingerprint density at radius 1 is 1.30 bits per heavy atom. The van der Waals surface area contributed by atoms with Crippen molar-refractivity contribution in [1.29, 1.82) is 0 Å². The van der Waals surface area contributed by atoms with Gasteiger partial charge in [0.2, 0.25) is 0 Å². The lowest BCUT2D eigenvalue weighted by Gasteiger charge is -2.30. The fourth-order valence-corrected chi connectivity index (χ4v) is 3.33. The van der Waals surface area contributed by atoms with Crippen LogP contribution in [0.5, 0.6) is 0 Å². The lowest BCUT2D eigenvalue weighted by atomic mass is 9.90. The molecule has 0 amide bonds. The first kappa shape index (κ1) is 15.8. The van der Waals surface area contributed by atoms with E-state index in [-0.39, 0.29) is 0 Å². The summed E-state index contributed by atoms with van der Waals surface area (Å²) in [6, 6.07) is 0.442. The largest absolute Gasteiger partial charge is 0.480 e. The van der Waals surface area contributed by atoms with Crippen LogP contribution in [-0.4, -0.2) is 47.2 Å². The standard InChI is InChI=1S/C16H30N2O2/c1-4-16(15(19)20,17-14-6-7-14)8-5-9-18-10-12(2)13(3)11-18/h12-14,17H,4-11H2,1-3H3,(H,19,20). The van der Waals surface area contributed by atoms with Crippen molar-refractivity contribution >= 4 is 5.97 Å². The Hall–Kier alpha value is -0.610. The zero-order valence-corrected chi connectivity index (χ0v) is 13.2. The van der Waals surface area contributed by atoms with Crippen LogP contribution >= 0.6 is 0 Å². The maximum Gasteiger partial charge on any atom is 0.323 e. The summed E-state index contributed by atoms with van der Waals surface area (Å²) in [6.07, 6.45) is 4.66.